The molecule has 1 fully saturated rings. The van der Waals surface area contributed by atoms with Gasteiger partial charge in [0.15, 0.2) is 0 Å². The van der Waals surface area contributed by atoms with Gasteiger partial charge in [-0.3, -0.25) is 4.79 Å². The van der Waals surface area contributed by atoms with Gasteiger partial charge in [0.05, 0.1) is 18.2 Å². The second kappa shape index (κ2) is 9.96. The van der Waals surface area contributed by atoms with Gasteiger partial charge in [-0.1, -0.05) is 30.3 Å². The van der Waals surface area contributed by atoms with E-state index < -0.39 is 17.7 Å². The summed E-state index contributed by atoms with van der Waals surface area (Å²) in [6, 6.07) is 12.4. The summed E-state index contributed by atoms with van der Waals surface area (Å²) in [5.41, 5.74) is 0.896. The molecule has 2 aromatic rings. The van der Waals surface area contributed by atoms with Crippen molar-refractivity contribution < 1.29 is 27.5 Å². The molecule has 8 heteroatoms. The number of likely N-dealkylation sites (tertiary alicyclic amines) is 1. The van der Waals surface area contributed by atoms with Crippen LogP contribution in [0.1, 0.15) is 46.3 Å². The quantitative estimate of drug-likeness (QED) is 0.501. The number of esters is 1. The average Bonchev–Trinajstić information content (AvgIpc) is 3.10. The minimum atomic E-state index is -4.44. The molecule has 0 saturated carbocycles. The first-order valence-corrected chi connectivity index (χ1v) is 10.1. The van der Waals surface area contributed by atoms with Crippen molar-refractivity contribution in [2.75, 3.05) is 13.7 Å². The first-order chi connectivity index (χ1) is 14.8. The highest BCUT2D eigenvalue weighted by molar-refractivity contribution is 5.89. The molecule has 166 valence electrons. The summed E-state index contributed by atoms with van der Waals surface area (Å²) in [5, 5.41) is 3.29. The highest BCUT2D eigenvalue weighted by atomic mass is 19.4. The molecule has 31 heavy (non-hydrogen) atoms. The number of nitrogens with zero attached hydrogens (tertiary/aromatic N) is 1. The largest absolute Gasteiger partial charge is 0.465 e. The molecule has 0 aliphatic carbocycles. The van der Waals surface area contributed by atoms with Gasteiger partial charge >= 0.3 is 12.1 Å². The molecule has 1 amide bonds. The van der Waals surface area contributed by atoms with Crippen molar-refractivity contribution in [3.05, 3.63) is 70.8 Å². The fraction of sp³-hybridized carbons (Fsp3) is 0.391. The number of amides is 1. The van der Waals surface area contributed by atoms with Crippen molar-refractivity contribution in [1.82, 2.24) is 10.2 Å². The monoisotopic (exact) mass is 434 g/mol. The highest BCUT2D eigenvalue weighted by Crippen LogP contribution is 2.34. The first-order valence-electron chi connectivity index (χ1n) is 10.1. The number of benzene rings is 2. The number of halogens is 3. The van der Waals surface area contributed by atoms with Gasteiger partial charge in [0.2, 0.25) is 5.91 Å². The average molecular weight is 434 g/mol. The molecule has 0 unspecified atom stereocenters. The molecule has 1 aliphatic heterocycles. The van der Waals surface area contributed by atoms with E-state index in [1.165, 1.54) is 19.2 Å². The molecule has 1 atom stereocenters. The maximum Gasteiger partial charge on any atom is 0.416 e. The van der Waals surface area contributed by atoms with Crippen LogP contribution in [0.5, 0.6) is 0 Å². The fourth-order valence-electron chi connectivity index (χ4n) is 3.81. The van der Waals surface area contributed by atoms with Gasteiger partial charge in [-0.15, -0.1) is 0 Å². The van der Waals surface area contributed by atoms with E-state index in [1.54, 1.807) is 23.1 Å². The number of ether oxygens (including phenoxy) is 1. The minimum Gasteiger partial charge on any atom is -0.465 e. The van der Waals surface area contributed by atoms with Crippen LogP contribution in [-0.2, 0) is 28.8 Å². The third-order valence-corrected chi connectivity index (χ3v) is 5.47. The Hall–Kier alpha value is -2.87. The van der Waals surface area contributed by atoms with E-state index in [0.29, 0.717) is 37.9 Å². The van der Waals surface area contributed by atoms with Crippen LogP contribution >= 0.6 is 0 Å². The van der Waals surface area contributed by atoms with Crippen molar-refractivity contribution >= 4 is 11.9 Å². The fourth-order valence-corrected chi connectivity index (χ4v) is 3.81. The second-order valence-corrected chi connectivity index (χ2v) is 7.52. The van der Waals surface area contributed by atoms with Crippen molar-refractivity contribution in [1.29, 1.82) is 0 Å². The van der Waals surface area contributed by atoms with Crippen LogP contribution in [0.4, 0.5) is 13.2 Å². The topological polar surface area (TPSA) is 58.6 Å². The van der Waals surface area contributed by atoms with Crippen LogP contribution in [0.3, 0.4) is 0 Å². The van der Waals surface area contributed by atoms with Gasteiger partial charge in [-0.2, -0.15) is 13.2 Å². The number of hydrogen-bond donors (Lipinski definition) is 1. The molecule has 0 bridgehead atoms. The van der Waals surface area contributed by atoms with Crippen LogP contribution in [0.25, 0.3) is 0 Å². The molecule has 1 saturated heterocycles. The molecule has 1 N–H and O–H groups in total. The summed E-state index contributed by atoms with van der Waals surface area (Å²) in [4.78, 5) is 25.3. The Labute approximate surface area is 179 Å². The van der Waals surface area contributed by atoms with E-state index in [9.17, 15) is 22.8 Å². The summed E-state index contributed by atoms with van der Waals surface area (Å²) in [5.74, 6) is -0.502. The number of alkyl halides is 3. The number of carbonyl (C=O) groups excluding carboxylic acids is 2. The summed E-state index contributed by atoms with van der Waals surface area (Å²) in [6.45, 7) is 1.17. The van der Waals surface area contributed by atoms with Crippen LogP contribution in [0, 0.1) is 0 Å². The Kier molecular flexibility index (Phi) is 7.33. The molecule has 1 aliphatic rings. The minimum absolute atomic E-state index is 0.0336. The lowest BCUT2D eigenvalue weighted by Gasteiger charge is -2.26. The Balaban J connectivity index is 1.54. The molecule has 5 nitrogen and oxygen atoms in total. The van der Waals surface area contributed by atoms with E-state index in [-0.39, 0.29) is 24.1 Å². The van der Waals surface area contributed by atoms with E-state index >= 15 is 0 Å². The standard InChI is InChI=1S/C23H25F3N2O3/c1-31-22(30)17-8-6-16(7-9-17)14-27-13-12-19-10-11-21(29)28(19)15-18-4-2-3-5-20(18)23(24,25)26/h2-9,19,27H,10-15H2,1H3/t19-/m1/s1. The number of nitrogens with one attached hydrogen (secondary N) is 1. The van der Waals surface area contributed by atoms with Gasteiger partial charge in [0.25, 0.3) is 0 Å². The van der Waals surface area contributed by atoms with E-state index in [1.807, 2.05) is 12.1 Å². The van der Waals surface area contributed by atoms with Crippen molar-refractivity contribution in [2.45, 2.75) is 44.6 Å². The second-order valence-electron chi connectivity index (χ2n) is 7.52. The maximum absolute atomic E-state index is 13.3. The molecule has 0 aromatic heterocycles. The number of hydrogen-bond acceptors (Lipinski definition) is 4. The zero-order chi connectivity index (χ0) is 22.4. The SMILES string of the molecule is COC(=O)c1ccc(CNCC[C@H]2CCC(=O)N2Cc2ccccc2C(F)(F)F)cc1. The summed E-state index contributed by atoms with van der Waals surface area (Å²) in [7, 11) is 1.33. The zero-order valence-electron chi connectivity index (χ0n) is 17.2. The Morgan fingerprint density at radius 3 is 2.55 bits per heavy atom. The Bertz CT molecular complexity index is 913. The number of carbonyl (C=O) groups is 2. The lowest BCUT2D eigenvalue weighted by molar-refractivity contribution is -0.139. The molecule has 3 rings (SSSR count). The van der Waals surface area contributed by atoms with Crippen LogP contribution in [0.15, 0.2) is 48.5 Å². The Morgan fingerprint density at radius 1 is 1.16 bits per heavy atom. The number of rotatable bonds is 8. The van der Waals surface area contributed by atoms with Crippen molar-refractivity contribution in [3.8, 4) is 0 Å². The Morgan fingerprint density at radius 2 is 1.87 bits per heavy atom. The van der Waals surface area contributed by atoms with E-state index in [4.69, 9.17) is 0 Å². The van der Waals surface area contributed by atoms with Crippen LogP contribution in [0.2, 0.25) is 0 Å². The van der Waals surface area contributed by atoms with E-state index in [0.717, 1.165) is 11.6 Å². The van der Waals surface area contributed by atoms with Gasteiger partial charge in [0, 0.05) is 25.6 Å². The highest BCUT2D eigenvalue weighted by Gasteiger charge is 2.36. The lowest BCUT2D eigenvalue weighted by atomic mass is 10.1. The molecule has 2 aromatic carbocycles. The van der Waals surface area contributed by atoms with Crippen molar-refractivity contribution in [2.24, 2.45) is 0 Å². The zero-order valence-corrected chi connectivity index (χ0v) is 17.2. The third kappa shape index (κ3) is 5.85. The lowest BCUT2D eigenvalue weighted by Crippen LogP contribution is -2.35. The van der Waals surface area contributed by atoms with Crippen molar-refractivity contribution in [3.63, 3.8) is 0 Å². The molecular formula is C23H25F3N2O3. The first kappa shape index (κ1) is 22.8. The molecule has 1 heterocycles. The molecule has 0 spiro atoms. The maximum atomic E-state index is 13.3. The van der Waals surface area contributed by atoms with Crippen LogP contribution < -0.4 is 5.32 Å². The van der Waals surface area contributed by atoms with Gasteiger partial charge in [-0.25, -0.2) is 4.79 Å². The summed E-state index contributed by atoms with van der Waals surface area (Å²) >= 11 is 0. The predicted molar refractivity (Wildman–Crippen MR) is 109 cm³/mol. The molecular weight excluding hydrogens is 409 g/mol. The van der Waals surface area contributed by atoms with E-state index in [2.05, 4.69) is 10.1 Å². The normalized spacial score (nSPS) is 16.6. The van der Waals surface area contributed by atoms with Gasteiger partial charge < -0.3 is 15.0 Å². The van der Waals surface area contributed by atoms with Gasteiger partial charge in [-0.05, 0) is 48.7 Å². The number of methoxy groups -OCH3 is 1. The molecule has 0 radical (unpaired) electrons. The van der Waals surface area contributed by atoms with Gasteiger partial charge in [0.1, 0.15) is 0 Å². The predicted octanol–water partition coefficient (Wildman–Crippen LogP) is 4.16. The summed E-state index contributed by atoms with van der Waals surface area (Å²) in [6.07, 6.45) is -2.80. The third-order valence-electron chi connectivity index (χ3n) is 5.47. The summed E-state index contributed by atoms with van der Waals surface area (Å²) < 4.78 is 44.5. The van der Waals surface area contributed by atoms with Crippen LogP contribution in [-0.4, -0.2) is 36.5 Å². The smallest absolute Gasteiger partial charge is 0.416 e.